The Morgan fingerprint density at radius 3 is 2.62 bits per heavy atom. The average molecular weight is 401 g/mol. The Balaban J connectivity index is 2.04. The molecular formula is C18H23N7O4. The van der Waals surface area contributed by atoms with Crippen LogP contribution in [-0.4, -0.2) is 43.9 Å². The molecule has 0 bridgehead atoms. The van der Waals surface area contributed by atoms with Gasteiger partial charge in [0.25, 0.3) is 0 Å². The van der Waals surface area contributed by atoms with E-state index in [1.54, 1.807) is 50.4 Å². The van der Waals surface area contributed by atoms with Crippen LogP contribution in [0.1, 0.15) is 6.92 Å². The maximum atomic E-state index is 11.6. The number of rotatable bonds is 9. The van der Waals surface area contributed by atoms with Crippen LogP contribution in [0.15, 0.2) is 46.6 Å². The molecule has 2 aromatic rings. The summed E-state index contributed by atoms with van der Waals surface area (Å²) >= 11 is 0. The van der Waals surface area contributed by atoms with Crippen molar-refractivity contribution in [1.29, 1.82) is 0 Å². The van der Waals surface area contributed by atoms with E-state index in [1.165, 1.54) is 0 Å². The number of nitrogens with one attached hydrogen (secondary N) is 3. The van der Waals surface area contributed by atoms with Crippen LogP contribution in [0.25, 0.3) is 0 Å². The average Bonchev–Trinajstić information content (AvgIpc) is 2.68. The third kappa shape index (κ3) is 7.07. The lowest BCUT2D eigenvalue weighted by Crippen LogP contribution is -2.25. The van der Waals surface area contributed by atoms with Crippen molar-refractivity contribution in [1.82, 2.24) is 15.6 Å². The minimum Gasteiger partial charge on any atom is -0.455 e. The third-order valence-corrected chi connectivity index (χ3v) is 3.36. The van der Waals surface area contributed by atoms with Crippen molar-refractivity contribution in [2.24, 2.45) is 10.2 Å². The number of amides is 2. The Kier molecular flexibility index (Phi) is 8.32. The lowest BCUT2D eigenvalue weighted by atomic mass is 10.3. The van der Waals surface area contributed by atoms with Gasteiger partial charge < -0.3 is 31.2 Å². The molecule has 1 aromatic heterocycles. The van der Waals surface area contributed by atoms with E-state index in [4.69, 9.17) is 15.2 Å². The predicted octanol–water partition coefficient (Wildman–Crippen LogP) is 2.32. The maximum Gasteiger partial charge on any atom is 0.410 e. The number of azo groups is 1. The Bertz CT molecular complexity index is 873. The molecular weight excluding hydrogens is 378 g/mol. The molecule has 11 heteroatoms. The lowest BCUT2D eigenvalue weighted by molar-refractivity contribution is -0.115. The number of carbonyl (C=O) groups excluding carboxylic acids is 2. The summed E-state index contributed by atoms with van der Waals surface area (Å²) in [4.78, 5) is 27.0. The largest absolute Gasteiger partial charge is 0.455 e. The molecule has 1 heterocycles. The summed E-state index contributed by atoms with van der Waals surface area (Å²) < 4.78 is 10.3. The number of para-hydroxylation sites is 1. The lowest BCUT2D eigenvalue weighted by Gasteiger charge is -2.09. The number of anilines is 2. The molecule has 0 aliphatic heterocycles. The third-order valence-electron chi connectivity index (χ3n) is 3.36. The second-order valence-electron chi connectivity index (χ2n) is 5.57. The normalized spacial score (nSPS) is 10.6. The second-order valence-corrected chi connectivity index (χ2v) is 5.57. The highest BCUT2D eigenvalue weighted by molar-refractivity contribution is 5.91. The van der Waals surface area contributed by atoms with Crippen LogP contribution in [0.3, 0.4) is 0 Å². The molecule has 5 N–H and O–H groups in total. The number of hydrogen-bond acceptors (Lipinski definition) is 9. The number of benzene rings is 1. The first-order valence-electron chi connectivity index (χ1n) is 8.78. The van der Waals surface area contributed by atoms with E-state index in [9.17, 15) is 9.59 Å². The fourth-order valence-corrected chi connectivity index (χ4v) is 2.08. The van der Waals surface area contributed by atoms with E-state index in [0.717, 1.165) is 0 Å². The van der Waals surface area contributed by atoms with Crippen molar-refractivity contribution in [3.63, 3.8) is 0 Å². The number of likely N-dealkylation sites (N-methyl/N-ethyl adjacent to an activating group) is 1. The van der Waals surface area contributed by atoms with E-state index in [-0.39, 0.29) is 25.1 Å². The standard InChI is InChI=1S/C18H23N7O4/c1-3-21-18(27)29-11-28-14-7-5-4-6-12(14)24-25-13-8-9-15(23-17(13)19)22-16(26)10-20-2/h4-9,20H,3,10-11H2,1-2H3,(H,21,27)(H3,19,22,23,26)/b25-24+. The minimum absolute atomic E-state index is 0.106. The van der Waals surface area contributed by atoms with Gasteiger partial charge in [0, 0.05) is 6.54 Å². The first-order valence-corrected chi connectivity index (χ1v) is 8.78. The number of nitrogens with two attached hydrogens (primary N) is 1. The molecule has 154 valence electrons. The molecule has 11 nitrogen and oxygen atoms in total. The van der Waals surface area contributed by atoms with Crippen LogP contribution in [0.2, 0.25) is 0 Å². The summed E-state index contributed by atoms with van der Waals surface area (Å²) in [6, 6.07) is 10.0. The zero-order valence-corrected chi connectivity index (χ0v) is 16.1. The predicted molar refractivity (Wildman–Crippen MR) is 107 cm³/mol. The number of aromatic nitrogens is 1. The van der Waals surface area contributed by atoms with Gasteiger partial charge in [-0.3, -0.25) is 4.79 Å². The molecule has 0 fully saturated rings. The van der Waals surface area contributed by atoms with Gasteiger partial charge in [-0.1, -0.05) is 12.1 Å². The number of nitrogens with zero attached hydrogens (tertiary/aromatic N) is 3. The van der Waals surface area contributed by atoms with E-state index < -0.39 is 6.09 Å². The number of carbonyl (C=O) groups is 2. The molecule has 2 amide bonds. The number of nitrogen functional groups attached to an aromatic ring is 1. The number of hydrogen-bond donors (Lipinski definition) is 4. The molecule has 0 saturated carbocycles. The smallest absolute Gasteiger partial charge is 0.410 e. The Morgan fingerprint density at radius 1 is 1.14 bits per heavy atom. The topological polar surface area (TPSA) is 152 Å². The first kappa shape index (κ1) is 21.6. The fraction of sp³-hybridized carbons (Fsp3) is 0.278. The number of pyridine rings is 1. The van der Waals surface area contributed by atoms with Gasteiger partial charge in [0.1, 0.15) is 17.2 Å². The SMILES string of the molecule is CCNC(=O)OCOc1ccccc1/N=N/c1ccc(NC(=O)CNC)nc1N. The zero-order valence-electron chi connectivity index (χ0n) is 16.1. The van der Waals surface area contributed by atoms with Crippen molar-refractivity contribution < 1.29 is 19.1 Å². The van der Waals surface area contributed by atoms with E-state index in [1.807, 2.05) is 0 Å². The van der Waals surface area contributed by atoms with E-state index in [2.05, 4.69) is 31.2 Å². The summed E-state index contributed by atoms with van der Waals surface area (Å²) in [6.45, 7) is 2.12. The number of ether oxygens (including phenoxy) is 2. The monoisotopic (exact) mass is 401 g/mol. The van der Waals surface area contributed by atoms with Gasteiger partial charge in [-0.05, 0) is 38.2 Å². The maximum absolute atomic E-state index is 11.6. The van der Waals surface area contributed by atoms with Crippen LogP contribution >= 0.6 is 0 Å². The molecule has 0 aliphatic carbocycles. The highest BCUT2D eigenvalue weighted by Crippen LogP contribution is 2.30. The van der Waals surface area contributed by atoms with Gasteiger partial charge in [-0.15, -0.1) is 10.2 Å². The van der Waals surface area contributed by atoms with E-state index >= 15 is 0 Å². The first-order chi connectivity index (χ1) is 14.0. The van der Waals surface area contributed by atoms with Crippen LogP contribution in [0, 0.1) is 0 Å². The summed E-state index contributed by atoms with van der Waals surface area (Å²) in [6.07, 6.45) is -0.577. The molecule has 1 aromatic carbocycles. The minimum atomic E-state index is -0.577. The summed E-state index contributed by atoms with van der Waals surface area (Å²) in [5.41, 5.74) is 6.63. The van der Waals surface area contributed by atoms with Gasteiger partial charge in [0.2, 0.25) is 12.7 Å². The van der Waals surface area contributed by atoms with Crippen molar-refractivity contribution in [2.75, 3.05) is 38.0 Å². The number of alkyl carbamates (subject to hydrolysis) is 1. The molecule has 0 aliphatic rings. The van der Waals surface area contributed by atoms with Crippen LogP contribution < -0.4 is 26.4 Å². The van der Waals surface area contributed by atoms with Gasteiger partial charge in [-0.2, -0.15) is 0 Å². The molecule has 0 radical (unpaired) electrons. The van der Waals surface area contributed by atoms with Gasteiger partial charge in [0.05, 0.1) is 6.54 Å². The zero-order chi connectivity index (χ0) is 21.1. The molecule has 0 atom stereocenters. The summed E-state index contributed by atoms with van der Waals surface area (Å²) in [5.74, 6) is 0.555. The van der Waals surface area contributed by atoms with Gasteiger partial charge in [-0.25, -0.2) is 9.78 Å². The van der Waals surface area contributed by atoms with Crippen LogP contribution in [0.5, 0.6) is 5.75 Å². The van der Waals surface area contributed by atoms with Crippen LogP contribution in [-0.2, 0) is 9.53 Å². The summed E-state index contributed by atoms with van der Waals surface area (Å²) in [7, 11) is 1.67. The highest BCUT2D eigenvalue weighted by atomic mass is 16.7. The Labute approximate surface area is 167 Å². The van der Waals surface area contributed by atoms with Crippen molar-refractivity contribution in [2.45, 2.75) is 6.92 Å². The molecule has 0 spiro atoms. The Morgan fingerprint density at radius 2 is 1.90 bits per heavy atom. The molecule has 2 rings (SSSR count). The molecule has 0 saturated heterocycles. The van der Waals surface area contributed by atoms with Crippen LogP contribution in [0.4, 0.5) is 27.8 Å². The van der Waals surface area contributed by atoms with Gasteiger partial charge >= 0.3 is 6.09 Å². The molecule has 0 unspecified atom stereocenters. The fourth-order valence-electron chi connectivity index (χ4n) is 2.08. The van der Waals surface area contributed by atoms with Crippen molar-refractivity contribution >= 4 is 35.0 Å². The second kappa shape index (κ2) is 11.2. The highest BCUT2D eigenvalue weighted by Gasteiger charge is 2.07. The Hall–Kier alpha value is -3.73. The van der Waals surface area contributed by atoms with Crippen molar-refractivity contribution in [3.8, 4) is 5.75 Å². The van der Waals surface area contributed by atoms with Gasteiger partial charge in [0.15, 0.2) is 11.6 Å². The quantitative estimate of drug-likeness (QED) is 0.371. The van der Waals surface area contributed by atoms with Crippen molar-refractivity contribution in [3.05, 3.63) is 36.4 Å². The van der Waals surface area contributed by atoms with E-state index in [0.29, 0.717) is 29.5 Å². The summed E-state index contributed by atoms with van der Waals surface area (Å²) in [5, 5.41) is 16.0. The molecule has 29 heavy (non-hydrogen) atoms.